The third kappa shape index (κ3) is 12.8. The van der Waals surface area contributed by atoms with Crippen molar-refractivity contribution in [2.24, 2.45) is 0 Å². The molecule has 0 radical (unpaired) electrons. The number of aliphatic hydroxyl groups is 1. The molecule has 0 aromatic carbocycles. The molecule has 0 spiro atoms. The molecular weight excluding hydrogens is 336 g/mol. The summed E-state index contributed by atoms with van der Waals surface area (Å²) in [6.07, 6.45) is 16.7. The van der Waals surface area contributed by atoms with Gasteiger partial charge in [-0.2, -0.15) is 8.42 Å². The molecule has 0 saturated carbocycles. The van der Waals surface area contributed by atoms with Crippen LogP contribution in [0.1, 0.15) is 123 Å². The van der Waals surface area contributed by atoms with Crippen molar-refractivity contribution in [3.05, 3.63) is 0 Å². The minimum absolute atomic E-state index is 0.146. The summed E-state index contributed by atoms with van der Waals surface area (Å²) in [5.41, 5.74) is 0. The van der Waals surface area contributed by atoms with E-state index < -0.39 is 15.1 Å². The maximum absolute atomic E-state index is 11.6. The van der Waals surface area contributed by atoms with Crippen LogP contribution in [0, 0.1) is 0 Å². The monoisotopic (exact) mass is 378 g/mol. The van der Waals surface area contributed by atoms with Crippen LogP contribution in [-0.2, 0) is 10.1 Å². The molecule has 0 aromatic rings. The minimum atomic E-state index is -4.41. The Hall–Kier alpha value is -0.130. The predicted molar refractivity (Wildman–Crippen MR) is 106 cm³/mol. The van der Waals surface area contributed by atoms with Gasteiger partial charge in [0.2, 0.25) is 0 Å². The van der Waals surface area contributed by atoms with Crippen molar-refractivity contribution in [1.29, 1.82) is 0 Å². The van der Waals surface area contributed by atoms with E-state index in [9.17, 15) is 18.1 Å². The largest absolute Gasteiger partial charge is 0.372 e. The highest BCUT2D eigenvalue weighted by Crippen LogP contribution is 2.28. The Balaban J connectivity index is 3.89. The van der Waals surface area contributed by atoms with Gasteiger partial charge in [-0.05, 0) is 25.7 Å². The van der Waals surface area contributed by atoms with Gasteiger partial charge in [-0.15, -0.1) is 0 Å². The Bertz CT molecular complexity index is 395. The molecule has 0 bridgehead atoms. The first kappa shape index (κ1) is 24.9. The standard InChI is InChI=1S/C20H42O4S/c1-3-5-7-9-10-11-12-13-15-17-19-20(21,25(22,23)24)18-16-14-8-6-4-2/h21H,3-19H2,1-2H3,(H,22,23,24). The summed E-state index contributed by atoms with van der Waals surface area (Å²) in [4.78, 5) is -1.95. The van der Waals surface area contributed by atoms with Crippen LogP contribution in [0.2, 0.25) is 0 Å². The number of unbranched alkanes of at least 4 members (excludes halogenated alkanes) is 13. The first-order valence-corrected chi connectivity index (χ1v) is 12.0. The Kier molecular flexibility index (Phi) is 14.9. The molecule has 0 saturated heterocycles. The molecule has 1 atom stereocenters. The molecule has 0 heterocycles. The third-order valence-electron chi connectivity index (χ3n) is 5.07. The molecule has 0 aliphatic carbocycles. The van der Waals surface area contributed by atoms with Crippen molar-refractivity contribution in [2.75, 3.05) is 0 Å². The molecule has 4 nitrogen and oxygen atoms in total. The molecule has 0 rings (SSSR count). The Morgan fingerprint density at radius 1 is 0.600 bits per heavy atom. The zero-order chi connectivity index (χ0) is 19.0. The Labute approximate surface area is 156 Å². The molecule has 5 heteroatoms. The first-order chi connectivity index (χ1) is 11.9. The highest BCUT2D eigenvalue weighted by molar-refractivity contribution is 7.87. The van der Waals surface area contributed by atoms with Crippen LogP contribution in [0.4, 0.5) is 0 Å². The maximum atomic E-state index is 11.6. The molecule has 0 aromatic heterocycles. The normalized spacial score (nSPS) is 14.6. The second-order valence-corrected chi connectivity index (χ2v) is 9.23. The highest BCUT2D eigenvalue weighted by atomic mass is 32.2. The molecular formula is C20H42O4S. The highest BCUT2D eigenvalue weighted by Gasteiger charge is 2.39. The lowest BCUT2D eigenvalue weighted by atomic mass is 10.0. The van der Waals surface area contributed by atoms with Crippen molar-refractivity contribution in [2.45, 2.75) is 128 Å². The summed E-state index contributed by atoms with van der Waals surface area (Å²) in [6.45, 7) is 4.35. The van der Waals surface area contributed by atoms with Gasteiger partial charge in [-0.3, -0.25) is 4.55 Å². The SMILES string of the molecule is CCCCCCCCCCCCC(O)(CCCCCCC)S(=O)(=O)O. The van der Waals surface area contributed by atoms with Crippen LogP contribution < -0.4 is 0 Å². The van der Waals surface area contributed by atoms with E-state index in [-0.39, 0.29) is 12.8 Å². The second kappa shape index (κ2) is 15.0. The number of rotatable bonds is 18. The van der Waals surface area contributed by atoms with Crippen molar-refractivity contribution in [1.82, 2.24) is 0 Å². The van der Waals surface area contributed by atoms with E-state index in [1.54, 1.807) is 0 Å². The lowest BCUT2D eigenvalue weighted by Gasteiger charge is -2.24. The average molecular weight is 379 g/mol. The molecule has 25 heavy (non-hydrogen) atoms. The fraction of sp³-hybridized carbons (Fsp3) is 1.00. The van der Waals surface area contributed by atoms with Gasteiger partial charge >= 0.3 is 0 Å². The van der Waals surface area contributed by atoms with Crippen molar-refractivity contribution >= 4 is 10.1 Å². The predicted octanol–water partition coefficient (Wildman–Crippen LogP) is 6.23. The summed E-state index contributed by atoms with van der Waals surface area (Å²) in [5.74, 6) is 0. The zero-order valence-corrected chi connectivity index (χ0v) is 17.5. The van der Waals surface area contributed by atoms with E-state index in [0.29, 0.717) is 12.8 Å². The van der Waals surface area contributed by atoms with E-state index in [4.69, 9.17) is 0 Å². The van der Waals surface area contributed by atoms with Crippen LogP contribution in [0.15, 0.2) is 0 Å². The summed E-state index contributed by atoms with van der Waals surface area (Å²) in [5, 5.41) is 10.4. The number of hydrogen-bond donors (Lipinski definition) is 2. The lowest BCUT2D eigenvalue weighted by molar-refractivity contribution is 0.0884. The fourth-order valence-electron chi connectivity index (χ4n) is 3.28. The van der Waals surface area contributed by atoms with Crippen LogP contribution in [0.5, 0.6) is 0 Å². The van der Waals surface area contributed by atoms with Crippen molar-refractivity contribution < 1.29 is 18.1 Å². The van der Waals surface area contributed by atoms with Crippen molar-refractivity contribution in [3.63, 3.8) is 0 Å². The molecule has 0 aliphatic heterocycles. The molecule has 0 fully saturated rings. The van der Waals surface area contributed by atoms with Gasteiger partial charge in [0.25, 0.3) is 10.1 Å². The topological polar surface area (TPSA) is 74.6 Å². The lowest BCUT2D eigenvalue weighted by Crippen LogP contribution is -2.38. The molecule has 0 amide bonds. The van der Waals surface area contributed by atoms with Gasteiger partial charge in [0.1, 0.15) is 0 Å². The second-order valence-electron chi connectivity index (χ2n) is 7.52. The summed E-state index contributed by atoms with van der Waals surface area (Å²) >= 11 is 0. The smallest absolute Gasteiger partial charge is 0.294 e. The first-order valence-electron chi connectivity index (χ1n) is 10.6. The molecule has 0 aliphatic rings. The summed E-state index contributed by atoms with van der Waals surface area (Å²) < 4.78 is 32.5. The van der Waals surface area contributed by atoms with E-state index in [1.165, 1.54) is 44.9 Å². The minimum Gasteiger partial charge on any atom is -0.372 e. The van der Waals surface area contributed by atoms with E-state index in [2.05, 4.69) is 13.8 Å². The van der Waals surface area contributed by atoms with Gasteiger partial charge in [-0.25, -0.2) is 0 Å². The van der Waals surface area contributed by atoms with Crippen LogP contribution in [-0.4, -0.2) is 23.0 Å². The van der Waals surface area contributed by atoms with Gasteiger partial charge in [0.05, 0.1) is 0 Å². The zero-order valence-electron chi connectivity index (χ0n) is 16.6. The summed E-state index contributed by atoms with van der Waals surface area (Å²) in [6, 6.07) is 0. The fourth-order valence-corrected chi connectivity index (χ4v) is 4.08. The van der Waals surface area contributed by atoms with Crippen LogP contribution in [0.3, 0.4) is 0 Å². The van der Waals surface area contributed by atoms with Crippen molar-refractivity contribution in [3.8, 4) is 0 Å². The van der Waals surface area contributed by atoms with Gasteiger partial charge in [0, 0.05) is 0 Å². The van der Waals surface area contributed by atoms with Crippen LogP contribution >= 0.6 is 0 Å². The molecule has 1 unspecified atom stereocenters. The maximum Gasteiger partial charge on any atom is 0.294 e. The molecule has 152 valence electrons. The quantitative estimate of drug-likeness (QED) is 0.219. The van der Waals surface area contributed by atoms with E-state index in [1.807, 2.05) is 0 Å². The number of hydrogen-bond acceptors (Lipinski definition) is 3. The van der Waals surface area contributed by atoms with Gasteiger partial charge < -0.3 is 5.11 Å². The van der Waals surface area contributed by atoms with Gasteiger partial charge in [-0.1, -0.05) is 97.3 Å². The van der Waals surface area contributed by atoms with Gasteiger partial charge in [0.15, 0.2) is 4.93 Å². The summed E-state index contributed by atoms with van der Waals surface area (Å²) in [7, 11) is -4.41. The Morgan fingerprint density at radius 3 is 1.16 bits per heavy atom. The van der Waals surface area contributed by atoms with Crippen LogP contribution in [0.25, 0.3) is 0 Å². The van der Waals surface area contributed by atoms with E-state index in [0.717, 1.165) is 38.5 Å². The third-order valence-corrected chi connectivity index (χ3v) is 6.44. The molecule has 2 N–H and O–H groups in total. The average Bonchev–Trinajstić information content (AvgIpc) is 2.55. The van der Waals surface area contributed by atoms with E-state index >= 15 is 0 Å². The Morgan fingerprint density at radius 2 is 0.880 bits per heavy atom.